The lowest BCUT2D eigenvalue weighted by atomic mass is 9.36. The molecule has 20 rings (SSSR count). The molecule has 0 aliphatic heterocycles. The van der Waals surface area contributed by atoms with Gasteiger partial charge in [0.1, 0.15) is 0 Å². The highest BCUT2D eigenvalue weighted by Gasteiger charge is 2.71. The van der Waals surface area contributed by atoms with E-state index in [1.807, 2.05) is 0 Å². The Kier molecular flexibility index (Phi) is 6.55. The van der Waals surface area contributed by atoms with Gasteiger partial charge in [0.25, 0.3) is 0 Å². The Balaban J connectivity index is 0.985. The van der Waals surface area contributed by atoms with Crippen molar-refractivity contribution in [2.45, 2.75) is 39.9 Å². The summed E-state index contributed by atoms with van der Waals surface area (Å²) >= 11 is 0. The summed E-state index contributed by atoms with van der Waals surface area (Å²) in [6, 6.07) is 83.2. The molecule has 7 aliphatic rings. The molecule has 13 aromatic rings. The van der Waals surface area contributed by atoms with Gasteiger partial charge in [-0.05, 0) is 130 Å². The van der Waals surface area contributed by atoms with Crippen molar-refractivity contribution in [3.63, 3.8) is 0 Å². The second-order valence-electron chi connectivity index (χ2n) is 23.1. The maximum absolute atomic E-state index is 15.8. The molecule has 0 fully saturated rings. The molecule has 6 unspecified atom stereocenters. The number of aromatic nitrogens is 1. The summed E-state index contributed by atoms with van der Waals surface area (Å²) in [5.74, 6) is -0.00864. The van der Waals surface area contributed by atoms with Gasteiger partial charge in [0.2, 0.25) is 0 Å². The summed E-state index contributed by atoms with van der Waals surface area (Å²) in [6.45, 7) is 0. The van der Waals surface area contributed by atoms with Crippen molar-refractivity contribution >= 4 is 60.4 Å². The fraction of sp³-hybridized carbons (Fsp3) is 0.0959. The zero-order valence-electron chi connectivity index (χ0n) is 40.9. The van der Waals surface area contributed by atoms with Crippen LogP contribution >= 0.6 is 0 Å². The molecule has 2 heterocycles. The lowest BCUT2D eigenvalue weighted by Crippen LogP contribution is -2.61. The van der Waals surface area contributed by atoms with Gasteiger partial charge in [-0.1, -0.05) is 194 Å². The van der Waals surface area contributed by atoms with Gasteiger partial charge >= 0.3 is 0 Å². The predicted octanol–water partition coefficient (Wildman–Crippen LogP) is 15.8. The molecule has 0 bridgehead atoms. The Bertz CT molecular complexity index is 4920. The molecule has 0 N–H and O–H groups in total. The zero-order valence-corrected chi connectivity index (χ0v) is 40.9. The molecule has 76 heavy (non-hydrogen) atoms. The maximum Gasteiger partial charge on any atom is 0.171 e. The highest BCUT2D eigenvalue weighted by molar-refractivity contribution is 6.30. The van der Waals surface area contributed by atoms with E-state index in [9.17, 15) is 0 Å². The lowest BCUT2D eigenvalue weighted by Gasteiger charge is -2.64. The standard InChI is InChI=1S/C73H41NO2/c75-69-50-36-59-46(33-47(50)63-42-23-9-13-27-54(42)72(63)56-29-15-11-25-44(56)66(69)72)49-35-53-61-41-22-8-7-17-38(41)31-32-58(61)71(39-18-3-1-4-19-39,40-20-5-2-6-21-40)65(53)62-52-34-48-51(37-60(52)74(59)68(49)62)70(76)67-45-26-12-16-30-57(45)73(67)55-28-14-10-24-43(55)64(48)73/h1-37,63-64,66-67H. The number of carbonyl (C=O) groups is 2. The minimum absolute atomic E-state index is 0.0281. The van der Waals surface area contributed by atoms with Crippen LogP contribution in [-0.4, -0.2) is 16.0 Å². The van der Waals surface area contributed by atoms with E-state index in [0.717, 1.165) is 60.7 Å². The topological polar surface area (TPSA) is 38.5 Å². The van der Waals surface area contributed by atoms with Gasteiger partial charge in [0.05, 0.1) is 33.8 Å². The van der Waals surface area contributed by atoms with Crippen LogP contribution in [0.5, 0.6) is 0 Å². The maximum atomic E-state index is 15.8. The van der Waals surface area contributed by atoms with Crippen molar-refractivity contribution in [2.75, 3.05) is 0 Å². The van der Waals surface area contributed by atoms with Gasteiger partial charge in [-0.2, -0.15) is 0 Å². The summed E-state index contributed by atoms with van der Waals surface area (Å²) < 4.78 is 2.48. The van der Waals surface area contributed by atoms with Crippen LogP contribution in [0.3, 0.4) is 0 Å². The van der Waals surface area contributed by atoms with Crippen molar-refractivity contribution in [3.05, 3.63) is 313 Å². The first-order valence-corrected chi connectivity index (χ1v) is 27.0. The third-order valence-electron chi connectivity index (χ3n) is 20.7. The van der Waals surface area contributed by atoms with Crippen molar-refractivity contribution in [1.82, 2.24) is 4.40 Å². The SMILES string of the molecule is O=C1c2cc3c(cc2C2c4ccccc4C24c2ccccc2C14)c1cc2c(c4c5cc6c(cc5n3c14)C(=O)C1c3ccccc3C13c1ccccc1C63)C(c1ccccc1)(c1ccccc1)c1ccc3ccccc3c1-2. The second kappa shape index (κ2) is 12.7. The molecule has 0 radical (unpaired) electrons. The lowest BCUT2D eigenvalue weighted by molar-refractivity contribution is 0.0839. The van der Waals surface area contributed by atoms with Crippen molar-refractivity contribution < 1.29 is 9.59 Å². The van der Waals surface area contributed by atoms with E-state index in [4.69, 9.17) is 0 Å². The number of Topliss-reactive ketones (excluding diaryl/α,β-unsaturated/α-hetero) is 2. The number of rotatable bonds is 2. The molecule has 0 saturated heterocycles. The number of benzene rings is 11. The number of hydrogen-bond donors (Lipinski definition) is 0. The van der Waals surface area contributed by atoms with E-state index in [0.29, 0.717) is 0 Å². The first-order valence-electron chi connectivity index (χ1n) is 27.0. The molecule has 3 heteroatoms. The Hall–Kier alpha value is -9.18. The number of nitrogens with zero attached hydrogens (tertiary/aromatic N) is 1. The molecule has 2 aromatic heterocycles. The van der Waals surface area contributed by atoms with Gasteiger partial charge in [-0.3, -0.25) is 9.59 Å². The Morgan fingerprint density at radius 1 is 0.342 bits per heavy atom. The van der Waals surface area contributed by atoms with E-state index in [1.54, 1.807) is 0 Å². The van der Waals surface area contributed by atoms with Crippen molar-refractivity contribution in [3.8, 4) is 11.1 Å². The van der Waals surface area contributed by atoms with Crippen molar-refractivity contribution in [2.24, 2.45) is 0 Å². The van der Waals surface area contributed by atoms with Crippen molar-refractivity contribution in [1.29, 1.82) is 0 Å². The number of ketones is 2. The summed E-state index contributed by atoms with van der Waals surface area (Å²) in [5, 5.41) is 7.11. The summed E-state index contributed by atoms with van der Waals surface area (Å²) in [4.78, 5) is 31.5. The van der Waals surface area contributed by atoms with Crippen LogP contribution in [0.4, 0.5) is 0 Å². The molecule has 350 valence electrons. The summed E-state index contributed by atoms with van der Waals surface area (Å²) in [6.07, 6.45) is 0. The van der Waals surface area contributed by atoms with Crippen LogP contribution in [-0.2, 0) is 16.2 Å². The average molecular weight is 964 g/mol. The van der Waals surface area contributed by atoms with Crippen LogP contribution < -0.4 is 0 Å². The van der Waals surface area contributed by atoms with Gasteiger partial charge in [-0.15, -0.1) is 0 Å². The highest BCUT2D eigenvalue weighted by Crippen LogP contribution is 2.76. The smallest absolute Gasteiger partial charge is 0.171 e. The Labute approximate surface area is 436 Å². The van der Waals surface area contributed by atoms with Gasteiger partial charge in [0, 0.05) is 55.3 Å². The number of hydrogen-bond acceptors (Lipinski definition) is 2. The molecule has 11 aromatic carbocycles. The summed E-state index contributed by atoms with van der Waals surface area (Å²) in [7, 11) is 0. The first kappa shape index (κ1) is 39.3. The molecule has 7 aliphatic carbocycles. The van der Waals surface area contributed by atoms with Crippen LogP contribution in [0.25, 0.3) is 60.0 Å². The molecule has 0 saturated carbocycles. The van der Waals surface area contributed by atoms with Crippen LogP contribution in [0.1, 0.15) is 122 Å². The highest BCUT2D eigenvalue weighted by atomic mass is 16.1. The molecular weight excluding hydrogens is 923 g/mol. The molecule has 6 atom stereocenters. The third kappa shape index (κ3) is 3.82. The van der Waals surface area contributed by atoms with E-state index >= 15 is 9.59 Å². The second-order valence-corrected chi connectivity index (χ2v) is 23.1. The molecular formula is C73H41NO2. The fourth-order valence-corrected chi connectivity index (χ4v) is 18.3. The van der Waals surface area contributed by atoms with Crippen LogP contribution in [0.2, 0.25) is 0 Å². The molecule has 0 amide bonds. The minimum Gasteiger partial charge on any atom is -0.308 e. The zero-order chi connectivity index (χ0) is 49.3. The Morgan fingerprint density at radius 3 is 1.36 bits per heavy atom. The van der Waals surface area contributed by atoms with E-state index in [1.165, 1.54) is 88.3 Å². The van der Waals surface area contributed by atoms with Gasteiger partial charge in [0.15, 0.2) is 11.6 Å². The van der Waals surface area contributed by atoms with E-state index < -0.39 is 10.8 Å². The molecule has 2 spiro atoms. The quantitative estimate of drug-likeness (QED) is 0.173. The van der Waals surface area contributed by atoms with E-state index in [2.05, 4.69) is 229 Å². The third-order valence-corrected chi connectivity index (χ3v) is 20.7. The average Bonchev–Trinajstić information content (AvgIpc) is 2.02. The number of fused-ring (bicyclic) bond motifs is 24. The van der Waals surface area contributed by atoms with Gasteiger partial charge in [-0.25, -0.2) is 0 Å². The van der Waals surface area contributed by atoms with Crippen LogP contribution in [0.15, 0.2) is 224 Å². The monoisotopic (exact) mass is 963 g/mol. The first-order chi connectivity index (χ1) is 37.6. The van der Waals surface area contributed by atoms with Gasteiger partial charge < -0.3 is 4.40 Å². The minimum atomic E-state index is -0.722. The predicted molar refractivity (Wildman–Crippen MR) is 301 cm³/mol. The van der Waals surface area contributed by atoms with E-state index in [-0.39, 0.29) is 40.7 Å². The van der Waals surface area contributed by atoms with Crippen LogP contribution in [0, 0.1) is 0 Å². The largest absolute Gasteiger partial charge is 0.308 e. The normalized spacial score (nSPS) is 23.5. The molecule has 3 nitrogen and oxygen atoms in total. The fourth-order valence-electron chi connectivity index (χ4n) is 18.3. The number of carbonyl (C=O) groups excluding carboxylic acids is 2. The Morgan fingerprint density at radius 2 is 0.803 bits per heavy atom. The summed E-state index contributed by atoms with van der Waals surface area (Å²) in [5.41, 5.74) is 23.1.